The number of benzene rings is 3. The average Bonchev–Trinajstić information content (AvgIpc) is 2.82. The van der Waals surface area contributed by atoms with E-state index in [0.717, 1.165) is 12.0 Å². The zero-order valence-corrected chi connectivity index (χ0v) is 18.3. The van der Waals surface area contributed by atoms with Crippen LogP contribution < -0.4 is 20.3 Å². The van der Waals surface area contributed by atoms with Crippen molar-refractivity contribution in [3.8, 4) is 11.5 Å². The molecule has 166 valence electrons. The molecular formula is C26H28N2O4. The van der Waals surface area contributed by atoms with Crippen LogP contribution in [0.5, 0.6) is 11.5 Å². The molecule has 0 aliphatic heterocycles. The number of hydrazine groups is 1. The first-order valence-electron chi connectivity index (χ1n) is 10.6. The van der Waals surface area contributed by atoms with Crippen molar-refractivity contribution >= 4 is 11.8 Å². The van der Waals surface area contributed by atoms with E-state index in [1.807, 2.05) is 30.3 Å². The van der Waals surface area contributed by atoms with Crippen LogP contribution in [0.15, 0.2) is 78.9 Å². The van der Waals surface area contributed by atoms with E-state index in [0.29, 0.717) is 41.8 Å². The summed E-state index contributed by atoms with van der Waals surface area (Å²) < 4.78 is 11.4. The number of para-hydroxylation sites is 1. The first kappa shape index (κ1) is 22.9. The Bertz CT molecular complexity index is 1020. The normalized spacial score (nSPS) is 10.5. The minimum atomic E-state index is -0.453. The molecule has 6 nitrogen and oxygen atoms in total. The predicted octanol–water partition coefficient (Wildman–Crippen LogP) is 4.42. The highest BCUT2D eigenvalue weighted by molar-refractivity contribution is 6.00. The van der Waals surface area contributed by atoms with E-state index in [1.54, 1.807) is 48.5 Å². The van der Waals surface area contributed by atoms with Crippen LogP contribution in [0.4, 0.5) is 0 Å². The third kappa shape index (κ3) is 6.87. The highest BCUT2D eigenvalue weighted by Crippen LogP contribution is 2.18. The zero-order valence-electron chi connectivity index (χ0n) is 18.3. The highest BCUT2D eigenvalue weighted by atomic mass is 16.5. The van der Waals surface area contributed by atoms with Gasteiger partial charge in [0, 0.05) is 12.0 Å². The molecule has 6 heteroatoms. The SMILES string of the molecule is CC(C)COc1ccc(C(=O)NNC(=O)c2ccccc2OCCc2ccccc2)cc1. The van der Waals surface area contributed by atoms with Crippen molar-refractivity contribution in [2.24, 2.45) is 5.92 Å². The zero-order chi connectivity index (χ0) is 22.8. The lowest BCUT2D eigenvalue weighted by atomic mass is 10.1. The molecule has 0 spiro atoms. The van der Waals surface area contributed by atoms with E-state index in [9.17, 15) is 9.59 Å². The molecule has 0 heterocycles. The Morgan fingerprint density at radius 2 is 1.44 bits per heavy atom. The summed E-state index contributed by atoms with van der Waals surface area (Å²) in [5, 5.41) is 0. The van der Waals surface area contributed by atoms with Crippen molar-refractivity contribution in [2.45, 2.75) is 20.3 Å². The standard InChI is InChI=1S/C26H28N2O4/c1-19(2)18-32-22-14-12-21(13-15-22)25(29)27-28-26(30)23-10-6-7-11-24(23)31-17-16-20-8-4-3-5-9-20/h3-15,19H,16-18H2,1-2H3,(H,27,29)(H,28,30). The van der Waals surface area contributed by atoms with Crippen LogP contribution in [-0.2, 0) is 6.42 Å². The van der Waals surface area contributed by atoms with E-state index in [2.05, 4.69) is 24.7 Å². The molecule has 3 rings (SSSR count). The Balaban J connectivity index is 1.52. The fourth-order valence-corrected chi connectivity index (χ4v) is 2.92. The Morgan fingerprint density at radius 3 is 2.16 bits per heavy atom. The molecule has 0 aromatic heterocycles. The molecule has 0 unspecified atom stereocenters. The van der Waals surface area contributed by atoms with Gasteiger partial charge in [-0.05, 0) is 47.9 Å². The number of nitrogens with one attached hydrogen (secondary N) is 2. The molecule has 2 N–H and O–H groups in total. The summed E-state index contributed by atoms with van der Waals surface area (Å²) in [5.41, 5.74) is 6.80. The Hall–Kier alpha value is -3.80. The van der Waals surface area contributed by atoms with Gasteiger partial charge in [-0.15, -0.1) is 0 Å². The van der Waals surface area contributed by atoms with Gasteiger partial charge in [0.2, 0.25) is 0 Å². The lowest BCUT2D eigenvalue weighted by Gasteiger charge is -2.13. The minimum Gasteiger partial charge on any atom is -0.493 e. The Labute approximate surface area is 188 Å². The smallest absolute Gasteiger partial charge is 0.273 e. The summed E-state index contributed by atoms with van der Waals surface area (Å²) in [7, 11) is 0. The van der Waals surface area contributed by atoms with Gasteiger partial charge in [-0.3, -0.25) is 20.4 Å². The number of carbonyl (C=O) groups excluding carboxylic acids is 2. The molecule has 0 saturated carbocycles. The van der Waals surface area contributed by atoms with E-state index in [-0.39, 0.29) is 0 Å². The van der Waals surface area contributed by atoms with Crippen LogP contribution in [0.3, 0.4) is 0 Å². The van der Waals surface area contributed by atoms with Crippen LogP contribution >= 0.6 is 0 Å². The van der Waals surface area contributed by atoms with Crippen molar-refractivity contribution in [3.05, 3.63) is 95.6 Å². The van der Waals surface area contributed by atoms with Crippen LogP contribution in [0.1, 0.15) is 40.1 Å². The number of amides is 2. The molecule has 32 heavy (non-hydrogen) atoms. The number of carbonyl (C=O) groups is 2. The van der Waals surface area contributed by atoms with E-state index in [1.165, 1.54) is 0 Å². The summed E-state index contributed by atoms with van der Waals surface area (Å²) in [6, 6.07) is 23.7. The van der Waals surface area contributed by atoms with Crippen molar-refractivity contribution in [1.82, 2.24) is 10.9 Å². The highest BCUT2D eigenvalue weighted by Gasteiger charge is 2.14. The number of hydrogen-bond acceptors (Lipinski definition) is 4. The van der Waals surface area contributed by atoms with Crippen molar-refractivity contribution in [1.29, 1.82) is 0 Å². The first-order chi connectivity index (χ1) is 15.5. The number of ether oxygens (including phenoxy) is 2. The molecule has 0 radical (unpaired) electrons. The molecule has 0 atom stereocenters. The maximum Gasteiger partial charge on any atom is 0.273 e. The van der Waals surface area contributed by atoms with Crippen molar-refractivity contribution < 1.29 is 19.1 Å². The molecule has 0 aliphatic rings. The monoisotopic (exact) mass is 432 g/mol. The van der Waals surface area contributed by atoms with Crippen molar-refractivity contribution in [2.75, 3.05) is 13.2 Å². The molecule has 0 fully saturated rings. The summed E-state index contributed by atoms with van der Waals surface area (Å²) >= 11 is 0. The third-order valence-electron chi connectivity index (χ3n) is 4.61. The largest absolute Gasteiger partial charge is 0.493 e. The van der Waals surface area contributed by atoms with Gasteiger partial charge in [-0.25, -0.2) is 0 Å². The van der Waals surface area contributed by atoms with Gasteiger partial charge in [0.15, 0.2) is 0 Å². The van der Waals surface area contributed by atoms with Gasteiger partial charge in [0.25, 0.3) is 11.8 Å². The van der Waals surface area contributed by atoms with Crippen molar-refractivity contribution in [3.63, 3.8) is 0 Å². The van der Waals surface area contributed by atoms with Gasteiger partial charge < -0.3 is 9.47 Å². The van der Waals surface area contributed by atoms with Crippen LogP contribution in [-0.4, -0.2) is 25.0 Å². The van der Waals surface area contributed by atoms with E-state index >= 15 is 0 Å². The van der Waals surface area contributed by atoms with Crippen LogP contribution in [0.25, 0.3) is 0 Å². The minimum absolute atomic E-state index is 0.346. The lowest BCUT2D eigenvalue weighted by molar-refractivity contribution is 0.0844. The lowest BCUT2D eigenvalue weighted by Crippen LogP contribution is -2.41. The van der Waals surface area contributed by atoms with E-state index in [4.69, 9.17) is 9.47 Å². The molecular weight excluding hydrogens is 404 g/mol. The second-order valence-corrected chi connectivity index (χ2v) is 7.72. The Kier molecular flexibility index (Phi) is 8.26. The van der Waals surface area contributed by atoms with Gasteiger partial charge in [-0.2, -0.15) is 0 Å². The van der Waals surface area contributed by atoms with Gasteiger partial charge in [-0.1, -0.05) is 56.3 Å². The topological polar surface area (TPSA) is 76.7 Å². The molecule has 2 amide bonds. The first-order valence-corrected chi connectivity index (χ1v) is 10.6. The summed E-state index contributed by atoms with van der Waals surface area (Å²) in [6.45, 7) is 5.17. The quantitative estimate of drug-likeness (QED) is 0.491. The summed E-state index contributed by atoms with van der Waals surface area (Å²) in [5.74, 6) is 0.697. The maximum atomic E-state index is 12.6. The summed E-state index contributed by atoms with van der Waals surface area (Å²) in [4.78, 5) is 25.0. The molecule has 0 aliphatic carbocycles. The molecule has 3 aromatic carbocycles. The maximum absolute atomic E-state index is 12.6. The number of rotatable bonds is 9. The van der Waals surface area contributed by atoms with E-state index < -0.39 is 11.8 Å². The average molecular weight is 433 g/mol. The van der Waals surface area contributed by atoms with Crippen LogP contribution in [0, 0.1) is 5.92 Å². The molecule has 0 saturated heterocycles. The fourth-order valence-electron chi connectivity index (χ4n) is 2.92. The third-order valence-corrected chi connectivity index (χ3v) is 4.61. The molecule has 3 aromatic rings. The Morgan fingerprint density at radius 1 is 0.781 bits per heavy atom. The second kappa shape index (κ2) is 11.6. The van der Waals surface area contributed by atoms with Gasteiger partial charge in [0.1, 0.15) is 11.5 Å². The van der Waals surface area contributed by atoms with Crippen LogP contribution in [0.2, 0.25) is 0 Å². The van der Waals surface area contributed by atoms with Gasteiger partial charge >= 0.3 is 0 Å². The second-order valence-electron chi connectivity index (χ2n) is 7.72. The number of hydrogen-bond donors (Lipinski definition) is 2. The predicted molar refractivity (Wildman–Crippen MR) is 124 cm³/mol. The summed E-state index contributed by atoms with van der Waals surface area (Å²) in [6.07, 6.45) is 0.727. The molecule has 0 bridgehead atoms. The van der Waals surface area contributed by atoms with Gasteiger partial charge in [0.05, 0.1) is 18.8 Å². The fraction of sp³-hybridized carbons (Fsp3) is 0.231.